The summed E-state index contributed by atoms with van der Waals surface area (Å²) in [6.45, 7) is 1.79. The lowest BCUT2D eigenvalue weighted by Crippen LogP contribution is -2.31. The molecule has 0 amide bonds. The predicted molar refractivity (Wildman–Crippen MR) is 35.5 cm³/mol. The highest BCUT2D eigenvalue weighted by molar-refractivity contribution is 5.69. The molecule has 0 radical (unpaired) electrons. The van der Waals surface area contributed by atoms with Gasteiger partial charge in [-0.3, -0.25) is 4.79 Å². The van der Waals surface area contributed by atoms with Gasteiger partial charge in [-0.1, -0.05) is 0 Å². The number of carbonyl (C=O) groups is 1. The average Bonchev–Trinajstić information content (AvgIpc) is 1.88. The van der Waals surface area contributed by atoms with Crippen molar-refractivity contribution in [1.82, 2.24) is 0 Å². The van der Waals surface area contributed by atoms with Gasteiger partial charge in [-0.05, 0) is 13.0 Å². The maximum Gasteiger partial charge on any atom is 0.256 e. The molecule has 0 aliphatic rings. The third-order valence-electron chi connectivity index (χ3n) is 1.21. The molecule has 0 unspecified atom stereocenters. The number of aldehydes is 1. The van der Waals surface area contributed by atoms with Crippen molar-refractivity contribution < 1.29 is 9.52 Å². The molecule has 3 heteroatoms. The van der Waals surface area contributed by atoms with E-state index >= 15 is 0 Å². The van der Waals surface area contributed by atoms with E-state index in [1.807, 2.05) is 0 Å². The van der Waals surface area contributed by atoms with Gasteiger partial charge in [-0.15, -0.1) is 0 Å². The number of nitrogens with zero attached hydrogens (tertiary/aromatic N) is 1. The lowest BCUT2D eigenvalue weighted by atomic mass is 10.3. The Hall–Kier alpha value is -1.38. The van der Waals surface area contributed by atoms with Crippen LogP contribution in [0.3, 0.4) is 0 Å². The Labute approximate surface area is 58.5 Å². The van der Waals surface area contributed by atoms with Crippen LogP contribution in [0.25, 0.3) is 0 Å². The van der Waals surface area contributed by atoms with Crippen molar-refractivity contribution in [2.75, 3.05) is 0 Å². The van der Waals surface area contributed by atoms with Gasteiger partial charge in [-0.25, -0.2) is 0 Å². The van der Waals surface area contributed by atoms with E-state index in [0.717, 1.165) is 5.56 Å². The number of pyridine rings is 1. The number of rotatable bonds is 1. The lowest BCUT2D eigenvalue weighted by Gasteiger charge is -1.97. The molecule has 0 saturated carbocycles. The minimum absolute atomic E-state index is 0.144. The maximum atomic E-state index is 10.8. The summed E-state index contributed by atoms with van der Waals surface area (Å²) < 4.78 is 0.558. The maximum absolute atomic E-state index is 10.8. The van der Waals surface area contributed by atoms with Crippen LogP contribution in [0.5, 0.6) is 0 Å². The van der Waals surface area contributed by atoms with Crippen LogP contribution in [0.1, 0.15) is 16.1 Å². The van der Waals surface area contributed by atoms with E-state index < -0.39 is 0 Å². The first kappa shape index (κ1) is 6.74. The van der Waals surface area contributed by atoms with E-state index in [1.54, 1.807) is 13.0 Å². The fourth-order valence-corrected chi connectivity index (χ4v) is 0.684. The molecule has 0 fully saturated rings. The second-order valence-corrected chi connectivity index (χ2v) is 2.07. The van der Waals surface area contributed by atoms with E-state index in [9.17, 15) is 10.0 Å². The minimum atomic E-state index is 0.144. The van der Waals surface area contributed by atoms with E-state index in [1.165, 1.54) is 12.3 Å². The first-order chi connectivity index (χ1) is 4.74. The second kappa shape index (κ2) is 2.47. The molecule has 52 valence electrons. The number of aryl methyl sites for hydroxylation is 1. The first-order valence-corrected chi connectivity index (χ1v) is 2.89. The Kier molecular flexibility index (Phi) is 1.67. The molecule has 0 aliphatic heterocycles. The van der Waals surface area contributed by atoms with E-state index in [0.29, 0.717) is 11.0 Å². The smallest absolute Gasteiger partial charge is 0.256 e. The molecule has 10 heavy (non-hydrogen) atoms. The Morgan fingerprint density at radius 2 is 2.30 bits per heavy atom. The summed E-state index contributed by atoms with van der Waals surface area (Å²) in [5.74, 6) is 0. The Balaban J connectivity index is 3.19. The standard InChI is InChI=1S/C7H7NO2/c1-6-2-3-7(5-9)8(10)4-6/h2-5H,1H3. The molecule has 1 heterocycles. The minimum Gasteiger partial charge on any atom is -0.618 e. The third kappa shape index (κ3) is 1.13. The molecule has 3 nitrogen and oxygen atoms in total. The van der Waals surface area contributed by atoms with E-state index in [4.69, 9.17) is 0 Å². The van der Waals surface area contributed by atoms with Gasteiger partial charge < -0.3 is 5.21 Å². The second-order valence-electron chi connectivity index (χ2n) is 2.07. The zero-order chi connectivity index (χ0) is 7.56. The van der Waals surface area contributed by atoms with Crippen LogP contribution in [0.4, 0.5) is 0 Å². The molecule has 1 rings (SSSR count). The van der Waals surface area contributed by atoms with Crippen LogP contribution in [-0.4, -0.2) is 6.29 Å². The normalized spacial score (nSPS) is 9.30. The molecule has 1 aromatic rings. The lowest BCUT2D eigenvalue weighted by molar-refractivity contribution is -0.607. The molecule has 0 aromatic carbocycles. The molecule has 0 saturated heterocycles. The van der Waals surface area contributed by atoms with Crippen molar-refractivity contribution >= 4 is 6.29 Å². The van der Waals surface area contributed by atoms with Crippen molar-refractivity contribution in [2.45, 2.75) is 6.92 Å². The highest BCUT2D eigenvalue weighted by Crippen LogP contribution is 1.92. The summed E-state index contributed by atoms with van der Waals surface area (Å²) in [7, 11) is 0. The summed E-state index contributed by atoms with van der Waals surface area (Å²) in [5, 5.41) is 10.8. The Morgan fingerprint density at radius 3 is 2.80 bits per heavy atom. The summed E-state index contributed by atoms with van der Waals surface area (Å²) >= 11 is 0. The van der Waals surface area contributed by atoms with Crippen molar-refractivity contribution in [3.8, 4) is 0 Å². The van der Waals surface area contributed by atoms with Gasteiger partial charge >= 0.3 is 0 Å². The van der Waals surface area contributed by atoms with Gasteiger partial charge in [0.2, 0.25) is 6.29 Å². The summed E-state index contributed by atoms with van der Waals surface area (Å²) in [6.07, 6.45) is 1.90. The summed E-state index contributed by atoms with van der Waals surface area (Å²) in [5.41, 5.74) is 0.992. The van der Waals surface area contributed by atoms with Gasteiger partial charge in [0.05, 0.1) is 0 Å². The zero-order valence-corrected chi connectivity index (χ0v) is 5.57. The third-order valence-corrected chi connectivity index (χ3v) is 1.21. The average molecular weight is 137 g/mol. The molecule has 0 atom stereocenters. The van der Waals surface area contributed by atoms with Gasteiger partial charge in [0, 0.05) is 11.6 Å². The topological polar surface area (TPSA) is 44.0 Å². The predicted octanol–water partition coefficient (Wildman–Crippen LogP) is 0.441. The summed E-state index contributed by atoms with van der Waals surface area (Å²) in [6, 6.07) is 3.22. The number of aromatic nitrogens is 1. The fourth-order valence-electron chi connectivity index (χ4n) is 0.684. The molecular weight excluding hydrogens is 130 g/mol. The van der Waals surface area contributed by atoms with Crippen LogP contribution in [0.15, 0.2) is 18.3 Å². The van der Waals surface area contributed by atoms with Gasteiger partial charge in [0.25, 0.3) is 5.69 Å². The van der Waals surface area contributed by atoms with Crippen LogP contribution >= 0.6 is 0 Å². The fraction of sp³-hybridized carbons (Fsp3) is 0.143. The highest BCUT2D eigenvalue weighted by atomic mass is 16.5. The van der Waals surface area contributed by atoms with Gasteiger partial charge in [-0.2, -0.15) is 4.73 Å². The van der Waals surface area contributed by atoms with Crippen molar-refractivity contribution in [3.05, 3.63) is 34.8 Å². The SMILES string of the molecule is Cc1ccc(C=O)[n+]([O-])c1. The first-order valence-electron chi connectivity index (χ1n) is 2.89. The van der Waals surface area contributed by atoms with Crippen molar-refractivity contribution in [3.63, 3.8) is 0 Å². The largest absolute Gasteiger partial charge is 0.618 e. The molecule has 0 bridgehead atoms. The van der Waals surface area contributed by atoms with Crippen LogP contribution in [-0.2, 0) is 0 Å². The summed E-state index contributed by atoms with van der Waals surface area (Å²) in [4.78, 5) is 10.1. The monoisotopic (exact) mass is 137 g/mol. The zero-order valence-electron chi connectivity index (χ0n) is 5.57. The quantitative estimate of drug-likeness (QED) is 0.320. The van der Waals surface area contributed by atoms with Crippen LogP contribution in [0.2, 0.25) is 0 Å². The Bertz CT molecular complexity index is 258. The number of hydrogen-bond acceptors (Lipinski definition) is 2. The number of hydrogen-bond donors (Lipinski definition) is 0. The van der Waals surface area contributed by atoms with Crippen molar-refractivity contribution in [2.24, 2.45) is 0 Å². The molecule has 0 aliphatic carbocycles. The number of carbonyl (C=O) groups excluding carboxylic acids is 1. The van der Waals surface area contributed by atoms with Crippen molar-refractivity contribution in [1.29, 1.82) is 0 Å². The highest BCUT2D eigenvalue weighted by Gasteiger charge is 2.00. The van der Waals surface area contributed by atoms with Crippen LogP contribution in [0, 0.1) is 12.1 Å². The molecular formula is C7H7NO2. The van der Waals surface area contributed by atoms with Gasteiger partial charge in [0.15, 0.2) is 6.20 Å². The van der Waals surface area contributed by atoms with Gasteiger partial charge in [0.1, 0.15) is 0 Å². The van der Waals surface area contributed by atoms with E-state index in [-0.39, 0.29) is 5.69 Å². The molecule has 1 aromatic heterocycles. The Morgan fingerprint density at radius 1 is 1.60 bits per heavy atom. The molecule has 0 N–H and O–H groups in total. The van der Waals surface area contributed by atoms with E-state index in [2.05, 4.69) is 0 Å². The molecule has 0 spiro atoms. The van der Waals surface area contributed by atoms with Crippen LogP contribution < -0.4 is 4.73 Å².